The van der Waals surface area contributed by atoms with Gasteiger partial charge in [0.1, 0.15) is 12.2 Å². The zero-order chi connectivity index (χ0) is 9.30. The van der Waals surface area contributed by atoms with Crippen molar-refractivity contribution in [2.45, 2.75) is 38.3 Å². The number of ether oxygens (including phenoxy) is 1. The summed E-state index contributed by atoms with van der Waals surface area (Å²) >= 11 is 0. The van der Waals surface area contributed by atoms with Crippen molar-refractivity contribution in [2.75, 3.05) is 6.61 Å². The minimum absolute atomic E-state index is 0.0946. The monoisotopic (exact) mass is 176 g/mol. The Bertz CT molecular complexity index is 145. The molecule has 1 fully saturated rings. The maximum Gasteiger partial charge on any atom is 0.109 e. The lowest BCUT2D eigenvalue weighted by molar-refractivity contribution is -0.200. The van der Waals surface area contributed by atoms with E-state index in [9.17, 15) is 10.2 Å². The van der Waals surface area contributed by atoms with E-state index in [0.717, 1.165) is 0 Å². The standard InChI is InChI=1S/C8H16O4/c1-4-5(2)12-6(3-9)8(11)7(4)10/h4-11H,3H2,1-2H3. The molecule has 0 radical (unpaired) electrons. The fraction of sp³-hybridized carbons (Fsp3) is 1.00. The molecule has 0 saturated carbocycles. The molecule has 72 valence electrons. The smallest absolute Gasteiger partial charge is 0.109 e. The highest BCUT2D eigenvalue weighted by Crippen LogP contribution is 2.25. The molecule has 0 aliphatic carbocycles. The summed E-state index contributed by atoms with van der Waals surface area (Å²) in [7, 11) is 0. The molecule has 4 nitrogen and oxygen atoms in total. The van der Waals surface area contributed by atoms with Crippen LogP contribution in [0.1, 0.15) is 13.8 Å². The SMILES string of the molecule is CC1OC(CO)C(O)C(O)C1C. The maximum absolute atomic E-state index is 9.48. The summed E-state index contributed by atoms with van der Waals surface area (Å²) < 4.78 is 5.27. The molecule has 4 heteroatoms. The van der Waals surface area contributed by atoms with Crippen LogP contribution in [0.2, 0.25) is 0 Å². The first-order valence-corrected chi connectivity index (χ1v) is 4.20. The van der Waals surface area contributed by atoms with Gasteiger partial charge in [-0.25, -0.2) is 0 Å². The molecule has 0 aromatic heterocycles. The second kappa shape index (κ2) is 3.70. The zero-order valence-electron chi connectivity index (χ0n) is 7.34. The molecule has 1 rings (SSSR count). The van der Waals surface area contributed by atoms with E-state index in [4.69, 9.17) is 9.84 Å². The van der Waals surface area contributed by atoms with Gasteiger partial charge in [0, 0.05) is 5.92 Å². The van der Waals surface area contributed by atoms with Crippen LogP contribution in [0.4, 0.5) is 0 Å². The number of aliphatic hydroxyl groups excluding tert-OH is 3. The molecule has 5 unspecified atom stereocenters. The van der Waals surface area contributed by atoms with Crippen LogP contribution < -0.4 is 0 Å². The first kappa shape index (κ1) is 9.92. The Morgan fingerprint density at radius 3 is 2.25 bits per heavy atom. The number of hydrogen-bond acceptors (Lipinski definition) is 4. The lowest BCUT2D eigenvalue weighted by Gasteiger charge is -2.39. The fourth-order valence-corrected chi connectivity index (χ4v) is 1.44. The molecular formula is C8H16O4. The average molecular weight is 176 g/mol. The van der Waals surface area contributed by atoms with Gasteiger partial charge >= 0.3 is 0 Å². The van der Waals surface area contributed by atoms with E-state index in [1.54, 1.807) is 0 Å². The van der Waals surface area contributed by atoms with Crippen LogP contribution in [0, 0.1) is 5.92 Å². The van der Waals surface area contributed by atoms with Crippen molar-refractivity contribution in [1.29, 1.82) is 0 Å². The molecule has 0 bridgehead atoms. The molecular weight excluding hydrogens is 160 g/mol. The second-order valence-electron chi connectivity index (χ2n) is 3.40. The molecule has 0 aromatic carbocycles. The Kier molecular flexibility index (Phi) is 3.06. The predicted molar refractivity (Wildman–Crippen MR) is 42.6 cm³/mol. The van der Waals surface area contributed by atoms with Gasteiger partial charge in [-0.3, -0.25) is 0 Å². The minimum Gasteiger partial charge on any atom is -0.394 e. The van der Waals surface area contributed by atoms with E-state index < -0.39 is 18.3 Å². The zero-order valence-corrected chi connectivity index (χ0v) is 7.34. The highest BCUT2D eigenvalue weighted by molar-refractivity contribution is 4.87. The van der Waals surface area contributed by atoms with E-state index in [1.165, 1.54) is 0 Å². The van der Waals surface area contributed by atoms with Crippen molar-refractivity contribution in [3.8, 4) is 0 Å². The lowest BCUT2D eigenvalue weighted by atomic mass is 9.89. The summed E-state index contributed by atoms with van der Waals surface area (Å²) in [5.41, 5.74) is 0. The van der Waals surface area contributed by atoms with E-state index in [2.05, 4.69) is 0 Å². The Morgan fingerprint density at radius 1 is 1.17 bits per heavy atom. The molecule has 3 N–H and O–H groups in total. The number of hydrogen-bond donors (Lipinski definition) is 3. The molecule has 1 saturated heterocycles. The Hall–Kier alpha value is -0.160. The van der Waals surface area contributed by atoms with E-state index >= 15 is 0 Å². The van der Waals surface area contributed by atoms with Gasteiger partial charge in [-0.05, 0) is 6.92 Å². The van der Waals surface area contributed by atoms with E-state index in [1.807, 2.05) is 13.8 Å². The number of rotatable bonds is 1. The summed E-state index contributed by atoms with van der Waals surface area (Å²) in [5.74, 6) is -0.0946. The average Bonchev–Trinajstić information content (AvgIpc) is 2.08. The molecule has 1 heterocycles. The van der Waals surface area contributed by atoms with Gasteiger partial charge in [-0.15, -0.1) is 0 Å². The normalized spacial score (nSPS) is 49.2. The summed E-state index contributed by atoms with van der Waals surface area (Å²) in [6.07, 6.45) is -2.54. The van der Waals surface area contributed by atoms with Crippen molar-refractivity contribution in [3.63, 3.8) is 0 Å². The van der Waals surface area contributed by atoms with Gasteiger partial charge in [0.25, 0.3) is 0 Å². The van der Waals surface area contributed by atoms with Crippen LogP contribution in [0.25, 0.3) is 0 Å². The third-order valence-corrected chi connectivity index (χ3v) is 2.58. The van der Waals surface area contributed by atoms with Crippen molar-refractivity contribution >= 4 is 0 Å². The Labute approximate surface area is 71.8 Å². The number of aliphatic hydroxyl groups is 3. The van der Waals surface area contributed by atoms with Crippen LogP contribution in [0.15, 0.2) is 0 Å². The summed E-state index contributed by atoms with van der Waals surface area (Å²) in [6, 6.07) is 0. The molecule has 0 amide bonds. The molecule has 1 aliphatic rings. The second-order valence-corrected chi connectivity index (χ2v) is 3.40. The minimum atomic E-state index is -0.971. The van der Waals surface area contributed by atoms with Crippen molar-refractivity contribution < 1.29 is 20.1 Å². The highest BCUT2D eigenvalue weighted by atomic mass is 16.5. The van der Waals surface area contributed by atoms with E-state index in [0.29, 0.717) is 0 Å². The van der Waals surface area contributed by atoms with Gasteiger partial charge in [-0.1, -0.05) is 6.92 Å². The summed E-state index contributed by atoms with van der Waals surface area (Å²) in [4.78, 5) is 0. The third kappa shape index (κ3) is 1.61. The fourth-order valence-electron chi connectivity index (χ4n) is 1.44. The Morgan fingerprint density at radius 2 is 1.75 bits per heavy atom. The highest BCUT2D eigenvalue weighted by Gasteiger charge is 2.39. The van der Waals surface area contributed by atoms with Crippen LogP contribution in [0.3, 0.4) is 0 Å². The third-order valence-electron chi connectivity index (χ3n) is 2.58. The molecule has 1 aliphatic heterocycles. The van der Waals surface area contributed by atoms with Crippen LogP contribution >= 0.6 is 0 Å². The predicted octanol–water partition coefficient (Wildman–Crippen LogP) is -0.876. The van der Waals surface area contributed by atoms with Gasteiger partial charge in [0.15, 0.2) is 0 Å². The van der Waals surface area contributed by atoms with Crippen molar-refractivity contribution in [2.24, 2.45) is 5.92 Å². The first-order valence-electron chi connectivity index (χ1n) is 4.20. The van der Waals surface area contributed by atoms with Crippen molar-refractivity contribution in [3.05, 3.63) is 0 Å². The lowest BCUT2D eigenvalue weighted by Crippen LogP contribution is -2.53. The van der Waals surface area contributed by atoms with Crippen LogP contribution in [0.5, 0.6) is 0 Å². The topological polar surface area (TPSA) is 69.9 Å². The molecule has 0 aromatic rings. The van der Waals surface area contributed by atoms with Gasteiger partial charge in [0.2, 0.25) is 0 Å². The van der Waals surface area contributed by atoms with Crippen molar-refractivity contribution in [1.82, 2.24) is 0 Å². The summed E-state index contributed by atoms with van der Waals surface area (Å²) in [6.45, 7) is 3.38. The van der Waals surface area contributed by atoms with Gasteiger partial charge in [0.05, 0.1) is 18.8 Å². The van der Waals surface area contributed by atoms with E-state index in [-0.39, 0.29) is 18.6 Å². The first-order chi connectivity index (χ1) is 5.57. The summed E-state index contributed by atoms with van der Waals surface area (Å²) in [5, 5.41) is 27.7. The van der Waals surface area contributed by atoms with Gasteiger partial charge < -0.3 is 20.1 Å². The quantitative estimate of drug-likeness (QED) is 0.485. The largest absolute Gasteiger partial charge is 0.394 e. The maximum atomic E-state index is 9.48. The Balaban J connectivity index is 2.63. The molecule has 12 heavy (non-hydrogen) atoms. The van der Waals surface area contributed by atoms with Crippen LogP contribution in [-0.2, 0) is 4.74 Å². The molecule has 5 atom stereocenters. The molecule has 0 spiro atoms. The van der Waals surface area contributed by atoms with Crippen LogP contribution in [-0.4, -0.2) is 46.3 Å². The van der Waals surface area contributed by atoms with Gasteiger partial charge in [-0.2, -0.15) is 0 Å².